The van der Waals surface area contributed by atoms with Gasteiger partial charge in [-0.2, -0.15) is 0 Å². The van der Waals surface area contributed by atoms with Crippen molar-refractivity contribution in [3.8, 4) is 0 Å². The molecule has 6 heteroatoms. The molecule has 0 atom stereocenters. The topological polar surface area (TPSA) is 58.1 Å². The molecule has 24 heavy (non-hydrogen) atoms. The number of nitrogens with one attached hydrogen (secondary N) is 1. The van der Waals surface area contributed by atoms with Gasteiger partial charge in [0.15, 0.2) is 0 Å². The molecule has 1 aliphatic heterocycles. The maximum Gasteiger partial charge on any atom is 0.272 e. The molecule has 128 valence electrons. The monoisotopic (exact) mass is 344 g/mol. The van der Waals surface area contributed by atoms with E-state index in [1.165, 1.54) is 10.7 Å². The van der Waals surface area contributed by atoms with Crippen LogP contribution in [0.25, 0.3) is 0 Å². The molecule has 1 aliphatic rings. The Balaban J connectivity index is 1.40. The van der Waals surface area contributed by atoms with Crippen molar-refractivity contribution >= 4 is 17.2 Å². The van der Waals surface area contributed by atoms with E-state index in [0.717, 1.165) is 45.3 Å². The van der Waals surface area contributed by atoms with Crippen molar-refractivity contribution in [3.05, 3.63) is 46.2 Å². The summed E-state index contributed by atoms with van der Waals surface area (Å²) in [6, 6.07) is 5.96. The quantitative estimate of drug-likeness (QED) is 0.875. The fraction of sp³-hybridized carbons (Fsp3) is 0.500. The van der Waals surface area contributed by atoms with E-state index >= 15 is 0 Å². The molecule has 0 aliphatic carbocycles. The minimum Gasteiger partial charge on any atom is -0.337 e. The number of amides is 1. The first-order valence-corrected chi connectivity index (χ1v) is 9.51. The summed E-state index contributed by atoms with van der Waals surface area (Å²) >= 11 is 1.75. The normalized spacial score (nSPS) is 15.6. The van der Waals surface area contributed by atoms with Crippen molar-refractivity contribution in [2.24, 2.45) is 0 Å². The molecule has 1 N–H and O–H groups in total. The van der Waals surface area contributed by atoms with Gasteiger partial charge in [0.25, 0.3) is 5.91 Å². The molecule has 2 aromatic rings. The minimum absolute atomic E-state index is 0.0450. The van der Waals surface area contributed by atoms with Gasteiger partial charge in [0.05, 0.1) is 10.7 Å². The van der Waals surface area contributed by atoms with Crippen LogP contribution >= 0.6 is 11.3 Å². The molecule has 3 rings (SSSR count). The molecule has 0 aromatic carbocycles. The molecule has 0 saturated carbocycles. The lowest BCUT2D eigenvalue weighted by Crippen LogP contribution is -2.45. The number of nitrogens with zero attached hydrogens (tertiary/aromatic N) is 3. The standard InChI is InChI=1S/C18H24N4OS/c1-2-17-21-15(13-24-17)6-10-19-14-7-11-22(12-8-14)18(23)16-5-3-4-9-20-16/h3-5,9,13-14,19H,2,6-8,10-12H2,1H3. The van der Waals surface area contributed by atoms with Crippen molar-refractivity contribution in [1.29, 1.82) is 0 Å². The first-order chi connectivity index (χ1) is 11.8. The third kappa shape index (κ3) is 4.39. The number of thiazole rings is 1. The molecule has 0 spiro atoms. The van der Waals surface area contributed by atoms with Gasteiger partial charge in [-0.05, 0) is 31.4 Å². The van der Waals surface area contributed by atoms with E-state index in [0.29, 0.717) is 11.7 Å². The lowest BCUT2D eigenvalue weighted by molar-refractivity contribution is 0.0699. The smallest absolute Gasteiger partial charge is 0.272 e. The molecular weight excluding hydrogens is 320 g/mol. The third-order valence-corrected chi connectivity index (χ3v) is 5.42. The molecule has 1 amide bonds. The summed E-state index contributed by atoms with van der Waals surface area (Å²) in [5, 5.41) is 6.98. The average Bonchev–Trinajstić information content (AvgIpc) is 3.10. The van der Waals surface area contributed by atoms with E-state index in [-0.39, 0.29) is 5.91 Å². The lowest BCUT2D eigenvalue weighted by atomic mass is 10.0. The number of carbonyl (C=O) groups excluding carboxylic acids is 1. The van der Waals surface area contributed by atoms with Crippen LogP contribution in [0.4, 0.5) is 0 Å². The van der Waals surface area contributed by atoms with Crippen LogP contribution in [0.3, 0.4) is 0 Å². The van der Waals surface area contributed by atoms with Crippen molar-refractivity contribution in [3.63, 3.8) is 0 Å². The molecule has 0 radical (unpaired) electrons. The molecule has 5 nitrogen and oxygen atoms in total. The summed E-state index contributed by atoms with van der Waals surface area (Å²) in [4.78, 5) is 23.0. The number of likely N-dealkylation sites (tertiary alicyclic amines) is 1. The van der Waals surface area contributed by atoms with Crippen molar-refractivity contribution in [1.82, 2.24) is 20.2 Å². The second-order valence-electron chi connectivity index (χ2n) is 6.07. The van der Waals surface area contributed by atoms with E-state index in [2.05, 4.69) is 27.6 Å². The van der Waals surface area contributed by atoms with Crippen LogP contribution in [0.5, 0.6) is 0 Å². The summed E-state index contributed by atoms with van der Waals surface area (Å²) in [5.74, 6) is 0.0450. The van der Waals surface area contributed by atoms with Crippen LogP contribution in [0.1, 0.15) is 41.0 Å². The zero-order chi connectivity index (χ0) is 16.8. The fourth-order valence-corrected chi connectivity index (χ4v) is 3.75. The number of aromatic nitrogens is 2. The van der Waals surface area contributed by atoms with Gasteiger partial charge in [0.2, 0.25) is 0 Å². The summed E-state index contributed by atoms with van der Waals surface area (Å²) in [6.45, 7) is 4.68. The van der Waals surface area contributed by atoms with Crippen LogP contribution in [-0.4, -0.2) is 46.5 Å². The number of carbonyl (C=O) groups is 1. The summed E-state index contributed by atoms with van der Waals surface area (Å²) in [5.41, 5.74) is 1.73. The number of piperidine rings is 1. The van der Waals surface area contributed by atoms with Gasteiger partial charge in [-0.15, -0.1) is 11.3 Å². The molecule has 3 heterocycles. The Morgan fingerprint density at radius 2 is 2.21 bits per heavy atom. The Kier molecular flexibility index (Phi) is 5.93. The SMILES string of the molecule is CCc1nc(CCNC2CCN(C(=O)c3ccccn3)CC2)cs1. The van der Waals surface area contributed by atoms with Crippen LogP contribution in [0.2, 0.25) is 0 Å². The minimum atomic E-state index is 0.0450. The first-order valence-electron chi connectivity index (χ1n) is 8.63. The number of rotatable bonds is 6. The number of hydrogen-bond acceptors (Lipinski definition) is 5. The molecular formula is C18H24N4OS. The second kappa shape index (κ2) is 8.35. The molecule has 1 saturated heterocycles. The molecule has 0 bridgehead atoms. The van der Waals surface area contributed by atoms with E-state index in [9.17, 15) is 4.79 Å². The number of hydrogen-bond donors (Lipinski definition) is 1. The molecule has 2 aromatic heterocycles. The summed E-state index contributed by atoms with van der Waals surface area (Å²) < 4.78 is 0. The Labute approximate surface area is 147 Å². The first kappa shape index (κ1) is 17.0. The van der Waals surface area contributed by atoms with Gasteiger partial charge in [0, 0.05) is 43.7 Å². The maximum absolute atomic E-state index is 12.4. The van der Waals surface area contributed by atoms with Crippen LogP contribution in [0.15, 0.2) is 29.8 Å². The van der Waals surface area contributed by atoms with Gasteiger partial charge in [-0.25, -0.2) is 4.98 Å². The van der Waals surface area contributed by atoms with E-state index in [4.69, 9.17) is 0 Å². The zero-order valence-corrected chi connectivity index (χ0v) is 14.9. The van der Waals surface area contributed by atoms with Crippen LogP contribution < -0.4 is 5.32 Å². The lowest BCUT2D eigenvalue weighted by Gasteiger charge is -2.32. The van der Waals surface area contributed by atoms with Crippen LogP contribution in [0, 0.1) is 0 Å². The van der Waals surface area contributed by atoms with Gasteiger partial charge >= 0.3 is 0 Å². The predicted molar refractivity (Wildman–Crippen MR) is 96.4 cm³/mol. The summed E-state index contributed by atoms with van der Waals surface area (Å²) in [6.07, 6.45) is 5.65. The van der Waals surface area contributed by atoms with Crippen molar-refractivity contribution < 1.29 is 4.79 Å². The van der Waals surface area contributed by atoms with Gasteiger partial charge in [-0.1, -0.05) is 13.0 Å². The van der Waals surface area contributed by atoms with Gasteiger partial charge < -0.3 is 10.2 Å². The largest absolute Gasteiger partial charge is 0.337 e. The number of aryl methyl sites for hydroxylation is 1. The Bertz CT molecular complexity index is 650. The zero-order valence-electron chi connectivity index (χ0n) is 14.1. The van der Waals surface area contributed by atoms with E-state index in [1.54, 1.807) is 23.6 Å². The fourth-order valence-electron chi connectivity index (χ4n) is 2.97. The summed E-state index contributed by atoms with van der Waals surface area (Å²) in [7, 11) is 0. The predicted octanol–water partition coefficient (Wildman–Crippen LogP) is 2.54. The van der Waals surface area contributed by atoms with Crippen LogP contribution in [-0.2, 0) is 12.8 Å². The highest BCUT2D eigenvalue weighted by atomic mass is 32.1. The highest BCUT2D eigenvalue weighted by Crippen LogP contribution is 2.14. The Morgan fingerprint density at radius 1 is 1.38 bits per heavy atom. The Hall–Kier alpha value is -1.79. The van der Waals surface area contributed by atoms with Gasteiger partial charge in [-0.3, -0.25) is 9.78 Å². The highest BCUT2D eigenvalue weighted by molar-refractivity contribution is 7.09. The number of pyridine rings is 1. The van der Waals surface area contributed by atoms with E-state index in [1.807, 2.05) is 17.0 Å². The maximum atomic E-state index is 12.4. The molecule has 0 unspecified atom stereocenters. The van der Waals surface area contributed by atoms with Crippen molar-refractivity contribution in [2.45, 2.75) is 38.6 Å². The second-order valence-corrected chi connectivity index (χ2v) is 7.01. The molecule has 1 fully saturated rings. The Morgan fingerprint density at radius 3 is 2.88 bits per heavy atom. The van der Waals surface area contributed by atoms with E-state index < -0.39 is 0 Å². The average molecular weight is 344 g/mol. The highest BCUT2D eigenvalue weighted by Gasteiger charge is 2.23. The third-order valence-electron chi connectivity index (χ3n) is 4.38. The van der Waals surface area contributed by atoms with Gasteiger partial charge in [0.1, 0.15) is 5.69 Å². The van der Waals surface area contributed by atoms with Crippen molar-refractivity contribution in [2.75, 3.05) is 19.6 Å².